The average molecular weight is 358 g/mol. The number of aliphatic carboxylic acids is 1. The molecule has 148 valence electrons. The minimum atomic E-state index is -1.18. The number of esters is 1. The molecule has 0 saturated carbocycles. The van der Waals surface area contributed by atoms with E-state index in [1.165, 1.54) is 32.1 Å². The number of carbonyl (C=O) groups excluding carboxylic acids is 2. The highest BCUT2D eigenvalue weighted by Gasteiger charge is 2.22. The van der Waals surface area contributed by atoms with Crippen LogP contribution in [0.15, 0.2) is 0 Å². The molecule has 0 aromatic carbocycles. The molecule has 0 bridgehead atoms. The number of hydrogen-bond acceptors (Lipinski definition) is 4. The first kappa shape index (κ1) is 23.9. The summed E-state index contributed by atoms with van der Waals surface area (Å²) in [5.74, 6) is -0.713. The Morgan fingerprint density at radius 2 is 1.60 bits per heavy atom. The number of rotatable bonds is 15. The van der Waals surface area contributed by atoms with Crippen molar-refractivity contribution in [2.45, 2.75) is 84.2 Å². The van der Waals surface area contributed by atoms with Crippen molar-refractivity contribution in [3.8, 4) is 0 Å². The number of nitrogens with zero attached hydrogens (tertiary/aromatic N) is 1. The first-order valence-electron chi connectivity index (χ1n) is 9.83. The van der Waals surface area contributed by atoms with Crippen molar-refractivity contribution < 1.29 is 23.9 Å². The maximum atomic E-state index is 11.9. The number of carboxylic acid groups (broad SMARTS) is 1. The molecule has 0 amide bonds. The van der Waals surface area contributed by atoms with Crippen molar-refractivity contribution in [2.24, 2.45) is 5.92 Å². The van der Waals surface area contributed by atoms with Crippen molar-refractivity contribution in [1.29, 1.82) is 0 Å². The monoisotopic (exact) mass is 357 g/mol. The predicted octanol–water partition coefficient (Wildman–Crippen LogP) is 2.91. The lowest BCUT2D eigenvalue weighted by molar-refractivity contribution is -0.873. The molecule has 25 heavy (non-hydrogen) atoms. The van der Waals surface area contributed by atoms with Gasteiger partial charge in [0.05, 0.1) is 21.1 Å². The van der Waals surface area contributed by atoms with Crippen LogP contribution in [0.25, 0.3) is 0 Å². The normalized spacial score (nSPS) is 14.1. The second-order valence-corrected chi connectivity index (χ2v) is 8.36. The molecule has 0 aliphatic heterocycles. The van der Waals surface area contributed by atoms with Gasteiger partial charge in [0.2, 0.25) is 0 Å². The van der Waals surface area contributed by atoms with Gasteiger partial charge in [-0.25, -0.2) is 0 Å². The van der Waals surface area contributed by atoms with Gasteiger partial charge in [-0.15, -0.1) is 0 Å². The first-order valence-corrected chi connectivity index (χ1v) is 9.83. The fraction of sp³-hybridized carbons (Fsp3) is 0.900. The average Bonchev–Trinajstić information content (AvgIpc) is 2.44. The molecule has 0 fully saturated rings. The van der Waals surface area contributed by atoms with Crippen molar-refractivity contribution in [1.82, 2.24) is 0 Å². The highest BCUT2D eigenvalue weighted by molar-refractivity contribution is 5.70. The summed E-state index contributed by atoms with van der Waals surface area (Å²) in [6.45, 7) is 5.00. The fourth-order valence-electron chi connectivity index (χ4n) is 3.01. The molecule has 2 unspecified atom stereocenters. The number of unbranched alkanes of at least 4 members (excludes halogenated alkanes) is 4. The highest BCUT2D eigenvalue weighted by Crippen LogP contribution is 2.17. The quantitative estimate of drug-likeness (QED) is 0.257. The van der Waals surface area contributed by atoms with Crippen LogP contribution in [-0.2, 0) is 14.3 Å². The summed E-state index contributed by atoms with van der Waals surface area (Å²) in [7, 11) is 5.83. The Kier molecular flexibility index (Phi) is 12.6. The summed E-state index contributed by atoms with van der Waals surface area (Å²) in [6.07, 6.45) is 8.89. The zero-order valence-electron chi connectivity index (χ0n) is 17.0. The number of quaternary nitrogens is 1. The van der Waals surface area contributed by atoms with Crippen molar-refractivity contribution in [3.05, 3.63) is 0 Å². The highest BCUT2D eigenvalue weighted by atomic mass is 16.5. The maximum absolute atomic E-state index is 11.9. The molecular weight excluding hydrogens is 318 g/mol. The van der Waals surface area contributed by atoms with E-state index in [0.29, 0.717) is 17.4 Å². The summed E-state index contributed by atoms with van der Waals surface area (Å²) in [5.41, 5.74) is 0. The Hall–Kier alpha value is -1.10. The van der Waals surface area contributed by atoms with Crippen LogP contribution in [0.3, 0.4) is 0 Å². The van der Waals surface area contributed by atoms with E-state index >= 15 is 0 Å². The van der Waals surface area contributed by atoms with E-state index in [0.717, 1.165) is 25.2 Å². The Balaban J connectivity index is 3.93. The van der Waals surface area contributed by atoms with Gasteiger partial charge >= 0.3 is 5.97 Å². The molecule has 0 saturated heterocycles. The molecular formula is C20H39NO4. The zero-order chi connectivity index (χ0) is 19.3. The van der Waals surface area contributed by atoms with Gasteiger partial charge in [-0.1, -0.05) is 58.8 Å². The number of ether oxygens (including phenoxy) is 1. The lowest BCUT2D eigenvalue weighted by atomic mass is 9.97. The van der Waals surface area contributed by atoms with Crippen LogP contribution < -0.4 is 5.11 Å². The molecule has 5 heteroatoms. The third-order valence-corrected chi connectivity index (χ3v) is 4.32. The Morgan fingerprint density at radius 3 is 2.12 bits per heavy atom. The molecule has 5 nitrogen and oxygen atoms in total. The Morgan fingerprint density at radius 1 is 1.00 bits per heavy atom. The topological polar surface area (TPSA) is 66.4 Å². The van der Waals surface area contributed by atoms with Gasteiger partial charge in [0.15, 0.2) is 6.10 Å². The van der Waals surface area contributed by atoms with Gasteiger partial charge in [-0.05, 0) is 12.3 Å². The smallest absolute Gasteiger partial charge is 0.306 e. The fourth-order valence-corrected chi connectivity index (χ4v) is 3.01. The molecule has 0 spiro atoms. The van der Waals surface area contributed by atoms with Crippen LogP contribution in [0.1, 0.15) is 78.1 Å². The molecule has 0 aliphatic rings. The van der Waals surface area contributed by atoms with E-state index in [1.54, 1.807) is 0 Å². The number of carboxylic acids is 1. The van der Waals surface area contributed by atoms with Crippen molar-refractivity contribution >= 4 is 11.9 Å². The largest absolute Gasteiger partial charge is 0.550 e. The van der Waals surface area contributed by atoms with E-state index in [9.17, 15) is 14.7 Å². The van der Waals surface area contributed by atoms with Crippen LogP contribution in [0.4, 0.5) is 0 Å². The van der Waals surface area contributed by atoms with Crippen LogP contribution in [0.5, 0.6) is 0 Å². The molecule has 0 heterocycles. The van der Waals surface area contributed by atoms with Gasteiger partial charge in [0, 0.05) is 18.8 Å². The summed E-state index contributed by atoms with van der Waals surface area (Å²) in [6, 6.07) is 0. The van der Waals surface area contributed by atoms with Crippen LogP contribution in [0.2, 0.25) is 0 Å². The van der Waals surface area contributed by atoms with Gasteiger partial charge in [-0.3, -0.25) is 4.79 Å². The number of carbonyl (C=O) groups is 2. The zero-order valence-corrected chi connectivity index (χ0v) is 17.0. The van der Waals surface area contributed by atoms with Gasteiger partial charge in [0.25, 0.3) is 0 Å². The van der Waals surface area contributed by atoms with Gasteiger partial charge in [-0.2, -0.15) is 0 Å². The van der Waals surface area contributed by atoms with E-state index < -0.39 is 12.1 Å². The van der Waals surface area contributed by atoms with Gasteiger partial charge in [0.1, 0.15) is 6.54 Å². The van der Waals surface area contributed by atoms with Gasteiger partial charge < -0.3 is 19.1 Å². The maximum Gasteiger partial charge on any atom is 0.306 e. The lowest BCUT2D eigenvalue weighted by Gasteiger charge is -2.29. The molecule has 0 aromatic heterocycles. The van der Waals surface area contributed by atoms with Crippen LogP contribution in [0, 0.1) is 5.92 Å². The van der Waals surface area contributed by atoms with E-state index in [1.807, 2.05) is 21.1 Å². The number of hydrogen-bond donors (Lipinski definition) is 0. The van der Waals surface area contributed by atoms with E-state index in [4.69, 9.17) is 4.74 Å². The number of likely N-dealkylation sites (N-methyl/N-ethyl adjacent to an activating group) is 1. The second kappa shape index (κ2) is 13.2. The summed E-state index contributed by atoms with van der Waals surface area (Å²) in [5, 5.41) is 10.8. The first-order chi connectivity index (χ1) is 11.6. The van der Waals surface area contributed by atoms with Crippen molar-refractivity contribution in [3.63, 3.8) is 0 Å². The second-order valence-electron chi connectivity index (χ2n) is 8.36. The Bertz CT molecular complexity index is 376. The van der Waals surface area contributed by atoms with E-state index in [2.05, 4.69) is 13.8 Å². The molecule has 0 aliphatic carbocycles. The van der Waals surface area contributed by atoms with Crippen molar-refractivity contribution in [2.75, 3.05) is 27.7 Å². The minimum absolute atomic E-state index is 0.240. The van der Waals surface area contributed by atoms with Crippen LogP contribution >= 0.6 is 0 Å². The standard InChI is InChI=1S/C20H39NO4/c1-6-7-9-12-17(2)13-10-8-11-14-20(24)25-18(15-19(22)23)16-21(3,4)5/h17-18H,6-16H2,1-5H3. The summed E-state index contributed by atoms with van der Waals surface area (Å²) >= 11 is 0. The third kappa shape index (κ3) is 16.1. The minimum Gasteiger partial charge on any atom is -0.550 e. The van der Waals surface area contributed by atoms with E-state index in [-0.39, 0.29) is 12.4 Å². The molecule has 2 atom stereocenters. The summed E-state index contributed by atoms with van der Waals surface area (Å²) < 4.78 is 5.90. The lowest BCUT2D eigenvalue weighted by Crippen LogP contribution is -2.45. The molecule has 0 rings (SSSR count). The summed E-state index contributed by atoms with van der Waals surface area (Å²) in [4.78, 5) is 22.8. The van der Waals surface area contributed by atoms with Crippen LogP contribution in [-0.4, -0.2) is 50.2 Å². The molecule has 0 aromatic rings. The third-order valence-electron chi connectivity index (χ3n) is 4.32. The molecule has 0 N–H and O–H groups in total. The predicted molar refractivity (Wildman–Crippen MR) is 98.8 cm³/mol. The SMILES string of the molecule is CCCCCC(C)CCCCCC(=O)OC(CC(=O)[O-])C[N+](C)(C)C. The Labute approximate surface area is 154 Å². The molecule has 0 radical (unpaired) electrons.